The van der Waals surface area contributed by atoms with Crippen molar-refractivity contribution in [1.82, 2.24) is 0 Å². The molecule has 2 nitrogen and oxygen atoms in total. The molecule has 132 valence electrons. The summed E-state index contributed by atoms with van der Waals surface area (Å²) >= 11 is 0. The van der Waals surface area contributed by atoms with Gasteiger partial charge in [-0.3, -0.25) is 4.79 Å². The molecule has 5 heteroatoms. The molecule has 0 heterocycles. The van der Waals surface area contributed by atoms with E-state index in [0.717, 1.165) is 17.7 Å². The lowest BCUT2D eigenvalue weighted by Crippen LogP contribution is -2.19. The molecular weight excluding hydrogens is 339 g/mol. The highest BCUT2D eigenvalue weighted by molar-refractivity contribution is 5.95. The molecule has 0 aliphatic carbocycles. The Hall–Kier alpha value is -3.08. The summed E-state index contributed by atoms with van der Waals surface area (Å²) in [4.78, 5) is 12.3. The lowest BCUT2D eigenvalue weighted by molar-refractivity contribution is -0.117. The Kier molecular flexibility index (Phi) is 5.07. The van der Waals surface area contributed by atoms with Gasteiger partial charge in [0.2, 0.25) is 5.91 Å². The molecule has 1 N–H and O–H groups in total. The molecule has 1 unspecified atom stereocenters. The predicted octanol–water partition coefficient (Wildman–Crippen LogP) is 5.51. The van der Waals surface area contributed by atoms with E-state index >= 15 is 0 Å². The number of rotatable bonds is 4. The summed E-state index contributed by atoms with van der Waals surface area (Å²) in [6.45, 7) is 1.59. The van der Waals surface area contributed by atoms with Gasteiger partial charge in [-0.1, -0.05) is 42.5 Å². The Labute approximate surface area is 149 Å². The van der Waals surface area contributed by atoms with Gasteiger partial charge in [0.25, 0.3) is 0 Å². The first-order chi connectivity index (χ1) is 12.5. The molecule has 0 aromatic heterocycles. The van der Waals surface area contributed by atoms with Gasteiger partial charge in [-0.15, -0.1) is 0 Å². The maximum atomic E-state index is 14.5. The van der Waals surface area contributed by atoms with E-state index in [-0.39, 0.29) is 5.69 Å². The number of benzene rings is 3. The van der Waals surface area contributed by atoms with Crippen LogP contribution in [0.15, 0.2) is 66.7 Å². The summed E-state index contributed by atoms with van der Waals surface area (Å²) in [5.41, 5.74) is 1.51. The van der Waals surface area contributed by atoms with Crippen molar-refractivity contribution in [3.8, 4) is 11.1 Å². The van der Waals surface area contributed by atoms with Crippen LogP contribution in [0, 0.1) is 17.5 Å². The fourth-order valence-electron chi connectivity index (χ4n) is 2.64. The number of anilines is 1. The van der Waals surface area contributed by atoms with Gasteiger partial charge >= 0.3 is 0 Å². The monoisotopic (exact) mass is 355 g/mol. The van der Waals surface area contributed by atoms with Crippen LogP contribution in [0.3, 0.4) is 0 Å². The van der Waals surface area contributed by atoms with Crippen LogP contribution in [-0.4, -0.2) is 5.91 Å². The van der Waals surface area contributed by atoms with E-state index in [1.165, 1.54) is 6.07 Å². The van der Waals surface area contributed by atoms with Crippen molar-refractivity contribution in [2.45, 2.75) is 12.8 Å². The molecule has 3 rings (SSSR count). The van der Waals surface area contributed by atoms with Crippen LogP contribution in [0.2, 0.25) is 0 Å². The van der Waals surface area contributed by atoms with Gasteiger partial charge in [-0.25, -0.2) is 13.2 Å². The molecule has 0 saturated carbocycles. The zero-order valence-corrected chi connectivity index (χ0v) is 14.0. The van der Waals surface area contributed by atoms with Crippen LogP contribution in [-0.2, 0) is 4.79 Å². The molecule has 0 spiro atoms. The first-order valence-electron chi connectivity index (χ1n) is 8.06. The third kappa shape index (κ3) is 3.77. The summed E-state index contributed by atoms with van der Waals surface area (Å²) in [7, 11) is 0. The summed E-state index contributed by atoms with van der Waals surface area (Å²) in [5.74, 6) is -3.26. The standard InChI is InChI=1S/C21H16F3NO/c1-13(21(26)25-20-10-8-16(22)12-19(20)24)15-7-9-17(18(23)11-15)14-5-3-2-4-6-14/h2-13H,1H3,(H,25,26). The summed E-state index contributed by atoms with van der Waals surface area (Å²) in [5, 5.41) is 2.40. The van der Waals surface area contributed by atoms with Crippen molar-refractivity contribution in [2.75, 3.05) is 5.32 Å². The number of hydrogen-bond donors (Lipinski definition) is 1. The van der Waals surface area contributed by atoms with Crippen molar-refractivity contribution >= 4 is 11.6 Å². The second-order valence-corrected chi connectivity index (χ2v) is 5.94. The minimum absolute atomic E-state index is 0.121. The van der Waals surface area contributed by atoms with Crippen LogP contribution in [0.4, 0.5) is 18.9 Å². The SMILES string of the molecule is CC(C(=O)Nc1ccc(F)cc1F)c1ccc(-c2ccccc2)c(F)c1. The molecule has 0 radical (unpaired) electrons. The Morgan fingerprint density at radius 2 is 1.62 bits per heavy atom. The van der Waals surface area contributed by atoms with E-state index in [2.05, 4.69) is 5.32 Å². The van der Waals surface area contributed by atoms with Gasteiger partial charge in [0.1, 0.15) is 17.5 Å². The highest BCUT2D eigenvalue weighted by atomic mass is 19.1. The predicted molar refractivity (Wildman–Crippen MR) is 95.2 cm³/mol. The van der Waals surface area contributed by atoms with Gasteiger partial charge in [0.05, 0.1) is 11.6 Å². The smallest absolute Gasteiger partial charge is 0.231 e. The van der Waals surface area contributed by atoms with E-state index in [1.54, 1.807) is 31.2 Å². The highest BCUT2D eigenvalue weighted by Gasteiger charge is 2.18. The van der Waals surface area contributed by atoms with E-state index in [0.29, 0.717) is 17.2 Å². The molecule has 1 amide bonds. The molecule has 0 fully saturated rings. The van der Waals surface area contributed by atoms with Gasteiger partial charge in [-0.05, 0) is 36.2 Å². The number of carbonyl (C=O) groups is 1. The second-order valence-electron chi connectivity index (χ2n) is 5.94. The Balaban J connectivity index is 1.80. The molecule has 0 aliphatic rings. The molecule has 1 atom stereocenters. The highest BCUT2D eigenvalue weighted by Crippen LogP contribution is 2.27. The summed E-state index contributed by atoms with van der Waals surface area (Å²) in [6, 6.07) is 16.5. The van der Waals surface area contributed by atoms with Gasteiger partial charge in [0.15, 0.2) is 0 Å². The number of amides is 1. The van der Waals surface area contributed by atoms with Gasteiger partial charge < -0.3 is 5.32 Å². The molecule has 0 bridgehead atoms. The van der Waals surface area contributed by atoms with Crippen LogP contribution >= 0.6 is 0 Å². The fourth-order valence-corrected chi connectivity index (χ4v) is 2.64. The van der Waals surface area contributed by atoms with E-state index in [9.17, 15) is 18.0 Å². The number of carbonyl (C=O) groups excluding carboxylic acids is 1. The van der Waals surface area contributed by atoms with Crippen LogP contribution in [0.5, 0.6) is 0 Å². The Morgan fingerprint density at radius 3 is 2.27 bits per heavy atom. The van der Waals surface area contributed by atoms with Crippen LogP contribution in [0.1, 0.15) is 18.4 Å². The number of nitrogens with one attached hydrogen (secondary N) is 1. The maximum Gasteiger partial charge on any atom is 0.231 e. The molecule has 3 aromatic carbocycles. The Morgan fingerprint density at radius 1 is 0.885 bits per heavy atom. The van der Waals surface area contributed by atoms with Crippen molar-refractivity contribution in [2.24, 2.45) is 0 Å². The molecule has 26 heavy (non-hydrogen) atoms. The van der Waals surface area contributed by atoms with Crippen molar-refractivity contribution in [3.63, 3.8) is 0 Å². The molecule has 3 aromatic rings. The van der Waals surface area contributed by atoms with Gasteiger partial charge in [-0.2, -0.15) is 0 Å². The lowest BCUT2D eigenvalue weighted by Gasteiger charge is -2.14. The lowest BCUT2D eigenvalue weighted by atomic mass is 9.96. The molecular formula is C21H16F3NO. The fraction of sp³-hybridized carbons (Fsp3) is 0.0952. The minimum atomic E-state index is -0.865. The normalized spacial score (nSPS) is 11.8. The largest absolute Gasteiger partial charge is 0.323 e. The van der Waals surface area contributed by atoms with Crippen molar-refractivity contribution < 1.29 is 18.0 Å². The quantitative estimate of drug-likeness (QED) is 0.657. The van der Waals surface area contributed by atoms with Gasteiger partial charge in [0, 0.05) is 11.6 Å². The minimum Gasteiger partial charge on any atom is -0.323 e. The van der Waals surface area contributed by atoms with Crippen LogP contribution < -0.4 is 5.32 Å². The number of halogens is 3. The third-order valence-electron chi connectivity index (χ3n) is 4.16. The maximum absolute atomic E-state index is 14.5. The second kappa shape index (κ2) is 7.44. The topological polar surface area (TPSA) is 29.1 Å². The molecule has 0 aliphatic heterocycles. The zero-order chi connectivity index (χ0) is 18.7. The van der Waals surface area contributed by atoms with Crippen LogP contribution in [0.25, 0.3) is 11.1 Å². The summed E-state index contributed by atoms with van der Waals surface area (Å²) in [6.07, 6.45) is 0. The first kappa shape index (κ1) is 17.7. The van der Waals surface area contributed by atoms with E-state index in [1.807, 2.05) is 18.2 Å². The summed E-state index contributed by atoms with van der Waals surface area (Å²) < 4.78 is 41.1. The third-order valence-corrected chi connectivity index (χ3v) is 4.16. The zero-order valence-electron chi connectivity index (χ0n) is 14.0. The van der Waals surface area contributed by atoms with E-state index < -0.39 is 29.3 Å². The average molecular weight is 355 g/mol. The molecule has 0 saturated heterocycles. The van der Waals surface area contributed by atoms with Crippen molar-refractivity contribution in [1.29, 1.82) is 0 Å². The van der Waals surface area contributed by atoms with Crippen molar-refractivity contribution in [3.05, 3.63) is 89.7 Å². The van der Waals surface area contributed by atoms with E-state index in [4.69, 9.17) is 0 Å². The number of hydrogen-bond acceptors (Lipinski definition) is 1. The first-order valence-corrected chi connectivity index (χ1v) is 8.06. The average Bonchev–Trinajstić information content (AvgIpc) is 2.64. The Bertz CT molecular complexity index is 941.